The van der Waals surface area contributed by atoms with Crippen LogP contribution in [-0.2, 0) is 17.2 Å². The predicted octanol–water partition coefficient (Wildman–Crippen LogP) is 2.29. The van der Waals surface area contributed by atoms with Gasteiger partial charge in [-0.1, -0.05) is 17.3 Å². The summed E-state index contributed by atoms with van der Waals surface area (Å²) in [6.07, 6.45) is 0. The Hall–Kier alpha value is -1.46. The van der Waals surface area contributed by atoms with E-state index < -0.39 is 0 Å². The van der Waals surface area contributed by atoms with E-state index in [1.807, 2.05) is 0 Å². The molecule has 1 aromatic heterocycles. The van der Waals surface area contributed by atoms with Crippen LogP contribution < -0.4 is 0 Å². The SMILES string of the molecule is COCc1c(CCl)nnn1-c1ccccc1F. The van der Waals surface area contributed by atoms with E-state index in [9.17, 15) is 4.39 Å². The van der Waals surface area contributed by atoms with E-state index in [-0.39, 0.29) is 18.3 Å². The summed E-state index contributed by atoms with van der Waals surface area (Å²) in [5.41, 5.74) is 1.59. The van der Waals surface area contributed by atoms with Crippen LogP contribution in [-0.4, -0.2) is 22.1 Å². The summed E-state index contributed by atoms with van der Waals surface area (Å²) < 4.78 is 20.1. The lowest BCUT2D eigenvalue weighted by Gasteiger charge is -2.07. The van der Waals surface area contributed by atoms with Crippen LogP contribution in [0.1, 0.15) is 11.4 Å². The normalized spacial score (nSPS) is 10.8. The van der Waals surface area contributed by atoms with E-state index in [4.69, 9.17) is 16.3 Å². The summed E-state index contributed by atoms with van der Waals surface area (Å²) in [6.45, 7) is 0.281. The molecule has 0 amide bonds. The van der Waals surface area contributed by atoms with Crippen LogP contribution in [0.15, 0.2) is 24.3 Å². The number of nitrogens with zero attached hydrogens (tertiary/aromatic N) is 3. The molecule has 0 aliphatic heterocycles. The summed E-state index contributed by atoms with van der Waals surface area (Å²) in [5, 5.41) is 7.80. The van der Waals surface area contributed by atoms with Gasteiger partial charge in [0.05, 0.1) is 18.2 Å². The largest absolute Gasteiger partial charge is 0.378 e. The summed E-state index contributed by atoms with van der Waals surface area (Å²) in [6, 6.07) is 6.35. The Morgan fingerprint density at radius 3 is 2.82 bits per heavy atom. The van der Waals surface area contributed by atoms with Crippen molar-refractivity contribution >= 4 is 11.6 Å². The topological polar surface area (TPSA) is 39.9 Å². The van der Waals surface area contributed by atoms with Gasteiger partial charge >= 0.3 is 0 Å². The van der Waals surface area contributed by atoms with Crippen molar-refractivity contribution in [1.29, 1.82) is 0 Å². The molecule has 1 aromatic carbocycles. The molecule has 0 aliphatic rings. The molecular formula is C11H11ClFN3O. The molecule has 2 rings (SSSR count). The van der Waals surface area contributed by atoms with Gasteiger partial charge in [0.2, 0.25) is 0 Å². The molecule has 0 saturated heterocycles. The zero-order chi connectivity index (χ0) is 12.3. The van der Waals surface area contributed by atoms with Crippen molar-refractivity contribution < 1.29 is 9.13 Å². The van der Waals surface area contributed by atoms with Gasteiger partial charge in [0.25, 0.3) is 0 Å². The summed E-state index contributed by atoms with van der Waals surface area (Å²) in [4.78, 5) is 0. The van der Waals surface area contributed by atoms with Crippen LogP contribution in [0.2, 0.25) is 0 Å². The van der Waals surface area contributed by atoms with Crippen molar-refractivity contribution in [2.75, 3.05) is 7.11 Å². The molecule has 0 atom stereocenters. The van der Waals surface area contributed by atoms with Crippen molar-refractivity contribution in [3.8, 4) is 5.69 Å². The molecule has 0 unspecified atom stereocenters. The Morgan fingerprint density at radius 1 is 1.41 bits per heavy atom. The Kier molecular flexibility index (Phi) is 3.71. The fourth-order valence-corrected chi connectivity index (χ4v) is 1.74. The Bertz CT molecular complexity index is 515. The number of methoxy groups -OCH3 is 1. The molecule has 1 heterocycles. The maximum Gasteiger partial charge on any atom is 0.148 e. The first-order chi connectivity index (χ1) is 8.27. The number of hydrogen-bond acceptors (Lipinski definition) is 3. The molecule has 0 spiro atoms. The minimum Gasteiger partial charge on any atom is -0.378 e. The van der Waals surface area contributed by atoms with Gasteiger partial charge in [-0.3, -0.25) is 0 Å². The minimum atomic E-state index is -0.365. The fraction of sp³-hybridized carbons (Fsp3) is 0.273. The van der Waals surface area contributed by atoms with Gasteiger partial charge in [-0.15, -0.1) is 16.7 Å². The van der Waals surface area contributed by atoms with Gasteiger partial charge in [-0.05, 0) is 12.1 Å². The molecule has 90 valence electrons. The lowest BCUT2D eigenvalue weighted by atomic mass is 10.3. The van der Waals surface area contributed by atoms with E-state index in [1.165, 1.54) is 10.7 Å². The third-order valence-electron chi connectivity index (χ3n) is 2.33. The molecule has 0 saturated carbocycles. The number of aromatic nitrogens is 3. The number of benzene rings is 1. The molecule has 0 bridgehead atoms. The molecular weight excluding hydrogens is 245 g/mol. The first-order valence-electron chi connectivity index (χ1n) is 5.01. The van der Waals surface area contributed by atoms with Crippen LogP contribution in [0.4, 0.5) is 4.39 Å². The molecule has 0 radical (unpaired) electrons. The zero-order valence-corrected chi connectivity index (χ0v) is 9.99. The maximum atomic E-state index is 13.6. The van der Waals surface area contributed by atoms with Gasteiger partial charge in [-0.2, -0.15) is 0 Å². The highest BCUT2D eigenvalue weighted by Crippen LogP contribution is 2.17. The lowest BCUT2D eigenvalue weighted by molar-refractivity contribution is 0.178. The second kappa shape index (κ2) is 5.25. The van der Waals surface area contributed by atoms with Crippen LogP contribution in [0, 0.1) is 5.82 Å². The molecule has 0 aliphatic carbocycles. The molecule has 4 nitrogen and oxygen atoms in total. The zero-order valence-electron chi connectivity index (χ0n) is 9.23. The minimum absolute atomic E-state index is 0.215. The van der Waals surface area contributed by atoms with Gasteiger partial charge in [0.1, 0.15) is 17.2 Å². The molecule has 0 fully saturated rings. The standard InChI is InChI=1S/C11H11ClFN3O/c1-17-7-11-9(6-12)14-15-16(11)10-5-3-2-4-8(10)13/h2-5H,6-7H2,1H3. The van der Waals surface area contributed by atoms with Crippen LogP contribution in [0.25, 0.3) is 5.69 Å². The van der Waals surface area contributed by atoms with Crippen LogP contribution >= 0.6 is 11.6 Å². The van der Waals surface area contributed by atoms with Crippen LogP contribution in [0.3, 0.4) is 0 Å². The second-order valence-corrected chi connectivity index (χ2v) is 3.68. The summed E-state index contributed by atoms with van der Waals surface area (Å²) in [5.74, 6) is -0.150. The number of halogens is 2. The molecule has 17 heavy (non-hydrogen) atoms. The fourth-order valence-electron chi connectivity index (χ4n) is 1.53. The monoisotopic (exact) mass is 255 g/mol. The van der Waals surface area contributed by atoms with Crippen molar-refractivity contribution in [2.24, 2.45) is 0 Å². The van der Waals surface area contributed by atoms with E-state index in [0.29, 0.717) is 17.1 Å². The number of rotatable bonds is 4. The van der Waals surface area contributed by atoms with Gasteiger partial charge in [0, 0.05) is 7.11 Å². The van der Waals surface area contributed by atoms with Crippen molar-refractivity contribution in [2.45, 2.75) is 12.5 Å². The highest BCUT2D eigenvalue weighted by atomic mass is 35.5. The van der Waals surface area contributed by atoms with Gasteiger partial charge in [0.15, 0.2) is 0 Å². The van der Waals surface area contributed by atoms with E-state index in [2.05, 4.69) is 10.3 Å². The Morgan fingerprint density at radius 2 is 2.18 bits per heavy atom. The first-order valence-corrected chi connectivity index (χ1v) is 5.54. The lowest BCUT2D eigenvalue weighted by Crippen LogP contribution is -2.06. The molecule has 2 aromatic rings. The first kappa shape index (κ1) is 12.0. The van der Waals surface area contributed by atoms with Crippen molar-refractivity contribution in [3.63, 3.8) is 0 Å². The summed E-state index contributed by atoms with van der Waals surface area (Å²) >= 11 is 5.74. The Balaban J connectivity index is 2.52. The van der Waals surface area contributed by atoms with Crippen molar-refractivity contribution in [3.05, 3.63) is 41.5 Å². The molecule has 0 N–H and O–H groups in total. The quantitative estimate of drug-likeness (QED) is 0.787. The highest BCUT2D eigenvalue weighted by molar-refractivity contribution is 6.16. The third-order valence-corrected chi connectivity index (χ3v) is 2.59. The third kappa shape index (κ3) is 2.30. The van der Waals surface area contributed by atoms with Gasteiger partial charge in [-0.25, -0.2) is 9.07 Å². The Labute approximate surface area is 103 Å². The van der Waals surface area contributed by atoms with E-state index >= 15 is 0 Å². The number of para-hydroxylation sites is 1. The smallest absolute Gasteiger partial charge is 0.148 e. The van der Waals surface area contributed by atoms with E-state index in [1.54, 1.807) is 25.3 Å². The second-order valence-electron chi connectivity index (χ2n) is 3.41. The molecule has 6 heteroatoms. The number of hydrogen-bond donors (Lipinski definition) is 0. The average Bonchev–Trinajstić information content (AvgIpc) is 2.73. The van der Waals surface area contributed by atoms with Crippen molar-refractivity contribution in [1.82, 2.24) is 15.0 Å². The van der Waals surface area contributed by atoms with E-state index in [0.717, 1.165) is 0 Å². The maximum absolute atomic E-state index is 13.6. The number of alkyl halides is 1. The summed E-state index contributed by atoms with van der Waals surface area (Å²) in [7, 11) is 1.55. The number of ether oxygens (including phenoxy) is 1. The average molecular weight is 256 g/mol. The predicted molar refractivity (Wildman–Crippen MR) is 61.6 cm³/mol. The highest BCUT2D eigenvalue weighted by Gasteiger charge is 2.15. The van der Waals surface area contributed by atoms with Gasteiger partial charge < -0.3 is 4.74 Å². The van der Waals surface area contributed by atoms with Crippen LogP contribution in [0.5, 0.6) is 0 Å².